The molecule has 0 saturated carbocycles. The van der Waals surface area contributed by atoms with E-state index in [9.17, 15) is 13.6 Å². The number of hydrogen-bond donors (Lipinski definition) is 1. The summed E-state index contributed by atoms with van der Waals surface area (Å²) in [6.07, 6.45) is 1.72. The van der Waals surface area contributed by atoms with E-state index in [0.717, 1.165) is 16.6 Å². The number of anilines is 1. The lowest BCUT2D eigenvalue weighted by molar-refractivity contribution is 0.102. The Balaban J connectivity index is 2.00. The summed E-state index contributed by atoms with van der Waals surface area (Å²) in [7, 11) is 0. The molecule has 7 heteroatoms. The van der Waals surface area contributed by atoms with Crippen molar-refractivity contribution < 1.29 is 13.6 Å². The lowest BCUT2D eigenvalue weighted by atomic mass is 10.2. The van der Waals surface area contributed by atoms with Gasteiger partial charge in [0.2, 0.25) is 0 Å². The van der Waals surface area contributed by atoms with Crippen molar-refractivity contribution in [2.75, 3.05) is 5.32 Å². The molecule has 0 aliphatic heterocycles. The third kappa shape index (κ3) is 2.59. The molecule has 0 atom stereocenters. The first-order valence-electron chi connectivity index (χ1n) is 6.36. The Kier molecular flexibility index (Phi) is 3.66. The topological polar surface area (TPSA) is 46.4 Å². The van der Waals surface area contributed by atoms with Gasteiger partial charge in [-0.05, 0) is 47.1 Å². The van der Waals surface area contributed by atoms with E-state index in [0.29, 0.717) is 17.0 Å². The first-order chi connectivity index (χ1) is 10.5. The molecule has 0 radical (unpaired) electrons. The molecule has 0 spiro atoms. The van der Waals surface area contributed by atoms with E-state index < -0.39 is 17.5 Å². The molecular weight excluding hydrogens is 356 g/mol. The fourth-order valence-corrected chi connectivity index (χ4v) is 2.51. The highest BCUT2D eigenvalue weighted by atomic mass is 79.9. The van der Waals surface area contributed by atoms with E-state index in [1.807, 2.05) is 6.07 Å². The number of fused-ring (bicyclic) bond motifs is 1. The van der Waals surface area contributed by atoms with Crippen LogP contribution < -0.4 is 5.32 Å². The summed E-state index contributed by atoms with van der Waals surface area (Å²) < 4.78 is 28.6. The molecule has 2 heterocycles. The van der Waals surface area contributed by atoms with Gasteiger partial charge in [-0.3, -0.25) is 9.20 Å². The molecule has 1 N–H and O–H groups in total. The molecule has 0 bridgehead atoms. The molecule has 0 aliphatic carbocycles. The fourth-order valence-electron chi connectivity index (χ4n) is 2.17. The van der Waals surface area contributed by atoms with Gasteiger partial charge in [0, 0.05) is 22.4 Å². The van der Waals surface area contributed by atoms with Crippen LogP contribution in [0.25, 0.3) is 5.65 Å². The molecule has 0 fully saturated rings. The maximum absolute atomic E-state index is 13.2. The lowest BCUT2D eigenvalue weighted by Crippen LogP contribution is -2.15. The summed E-state index contributed by atoms with van der Waals surface area (Å²) in [6, 6.07) is 6.78. The van der Waals surface area contributed by atoms with E-state index in [-0.39, 0.29) is 5.69 Å². The Morgan fingerprint density at radius 2 is 2.00 bits per heavy atom. The van der Waals surface area contributed by atoms with Gasteiger partial charge in [-0.2, -0.15) is 0 Å². The number of pyridine rings is 1. The Hall–Kier alpha value is -2.28. The van der Waals surface area contributed by atoms with Gasteiger partial charge in [-0.1, -0.05) is 0 Å². The van der Waals surface area contributed by atoms with E-state index in [2.05, 4.69) is 26.2 Å². The summed E-state index contributed by atoms with van der Waals surface area (Å²) in [5, 5.41) is 2.54. The van der Waals surface area contributed by atoms with Gasteiger partial charge < -0.3 is 5.32 Å². The van der Waals surface area contributed by atoms with Crippen molar-refractivity contribution in [3.05, 3.63) is 64.0 Å². The molecule has 0 saturated heterocycles. The normalized spacial score (nSPS) is 10.9. The maximum atomic E-state index is 13.2. The standard InChI is InChI=1S/C15H10BrF2N3O/c1-8-14(21-7-9(16)2-5-13(21)19-8)15(22)20-10-3-4-11(17)12(18)6-10/h2-7H,1H3,(H,20,22). The Morgan fingerprint density at radius 1 is 1.23 bits per heavy atom. The zero-order chi connectivity index (χ0) is 15.9. The summed E-state index contributed by atoms with van der Waals surface area (Å²) in [4.78, 5) is 16.7. The van der Waals surface area contributed by atoms with Gasteiger partial charge in [-0.15, -0.1) is 0 Å². The quantitative estimate of drug-likeness (QED) is 0.747. The number of nitrogens with zero attached hydrogens (tertiary/aromatic N) is 2. The predicted octanol–water partition coefficient (Wildman–Crippen LogP) is 3.94. The van der Waals surface area contributed by atoms with Gasteiger partial charge in [0.05, 0.1) is 5.69 Å². The van der Waals surface area contributed by atoms with Crippen LogP contribution in [0.15, 0.2) is 41.0 Å². The molecule has 3 rings (SSSR count). The minimum absolute atomic E-state index is 0.174. The lowest BCUT2D eigenvalue weighted by Gasteiger charge is -2.06. The van der Waals surface area contributed by atoms with Crippen LogP contribution in [0.3, 0.4) is 0 Å². The average Bonchev–Trinajstić information content (AvgIpc) is 2.78. The van der Waals surface area contributed by atoms with Crippen molar-refractivity contribution in [3.63, 3.8) is 0 Å². The van der Waals surface area contributed by atoms with E-state index in [4.69, 9.17) is 0 Å². The summed E-state index contributed by atoms with van der Waals surface area (Å²) in [6.45, 7) is 1.71. The Morgan fingerprint density at radius 3 is 2.73 bits per heavy atom. The summed E-state index contributed by atoms with van der Waals surface area (Å²) in [5.74, 6) is -2.43. The van der Waals surface area contributed by atoms with Crippen molar-refractivity contribution in [2.45, 2.75) is 6.92 Å². The van der Waals surface area contributed by atoms with Crippen molar-refractivity contribution in [1.29, 1.82) is 0 Å². The van der Waals surface area contributed by atoms with Crippen LogP contribution in [0, 0.1) is 18.6 Å². The molecule has 0 aliphatic rings. The van der Waals surface area contributed by atoms with Gasteiger partial charge in [0.25, 0.3) is 5.91 Å². The van der Waals surface area contributed by atoms with E-state index in [1.165, 1.54) is 6.07 Å². The minimum Gasteiger partial charge on any atom is -0.321 e. The second-order valence-electron chi connectivity index (χ2n) is 4.70. The van der Waals surface area contributed by atoms with Gasteiger partial charge in [0.1, 0.15) is 11.3 Å². The van der Waals surface area contributed by atoms with Gasteiger partial charge >= 0.3 is 0 Å². The van der Waals surface area contributed by atoms with Gasteiger partial charge in [-0.25, -0.2) is 13.8 Å². The zero-order valence-corrected chi connectivity index (χ0v) is 13.0. The number of amides is 1. The van der Waals surface area contributed by atoms with Crippen LogP contribution in [0.5, 0.6) is 0 Å². The van der Waals surface area contributed by atoms with Crippen molar-refractivity contribution in [3.8, 4) is 0 Å². The average molecular weight is 366 g/mol. The number of nitrogens with one attached hydrogen (secondary N) is 1. The SMILES string of the molecule is Cc1nc2ccc(Br)cn2c1C(=O)Nc1ccc(F)c(F)c1. The van der Waals surface area contributed by atoms with Crippen LogP contribution >= 0.6 is 15.9 Å². The van der Waals surface area contributed by atoms with Crippen LogP contribution in [0.1, 0.15) is 16.2 Å². The highest BCUT2D eigenvalue weighted by molar-refractivity contribution is 9.10. The Labute approximate surface area is 132 Å². The number of benzene rings is 1. The number of aryl methyl sites for hydroxylation is 1. The monoisotopic (exact) mass is 365 g/mol. The molecule has 3 aromatic rings. The first kappa shape index (κ1) is 14.6. The zero-order valence-electron chi connectivity index (χ0n) is 11.4. The number of rotatable bonds is 2. The Bertz CT molecular complexity index is 892. The molecule has 1 aromatic carbocycles. The van der Waals surface area contributed by atoms with Crippen LogP contribution in [-0.4, -0.2) is 15.3 Å². The number of halogens is 3. The molecule has 0 unspecified atom stereocenters. The summed E-state index contributed by atoms with van der Waals surface area (Å²) >= 11 is 3.34. The third-order valence-corrected chi connectivity index (χ3v) is 3.62. The van der Waals surface area contributed by atoms with E-state index >= 15 is 0 Å². The number of aromatic nitrogens is 2. The van der Waals surface area contributed by atoms with Crippen molar-refractivity contribution >= 4 is 33.2 Å². The van der Waals surface area contributed by atoms with Crippen LogP contribution in [0.2, 0.25) is 0 Å². The van der Waals surface area contributed by atoms with Crippen molar-refractivity contribution in [1.82, 2.24) is 9.38 Å². The number of carbonyl (C=O) groups is 1. The van der Waals surface area contributed by atoms with E-state index in [1.54, 1.807) is 23.6 Å². The van der Waals surface area contributed by atoms with Crippen molar-refractivity contribution in [2.24, 2.45) is 0 Å². The highest BCUT2D eigenvalue weighted by Gasteiger charge is 2.17. The molecule has 22 heavy (non-hydrogen) atoms. The number of imidazole rings is 1. The second-order valence-corrected chi connectivity index (χ2v) is 5.62. The molecule has 2 aromatic heterocycles. The van der Waals surface area contributed by atoms with Crippen LogP contribution in [0.4, 0.5) is 14.5 Å². The predicted molar refractivity (Wildman–Crippen MR) is 81.9 cm³/mol. The largest absolute Gasteiger partial charge is 0.321 e. The fraction of sp³-hybridized carbons (Fsp3) is 0.0667. The number of carbonyl (C=O) groups excluding carboxylic acids is 1. The van der Waals surface area contributed by atoms with Gasteiger partial charge in [0.15, 0.2) is 11.6 Å². The molecule has 1 amide bonds. The minimum atomic E-state index is -1.02. The molecule has 112 valence electrons. The summed E-state index contributed by atoms with van der Waals surface area (Å²) in [5.41, 5.74) is 1.67. The number of hydrogen-bond acceptors (Lipinski definition) is 2. The highest BCUT2D eigenvalue weighted by Crippen LogP contribution is 2.19. The van der Waals surface area contributed by atoms with Crippen LogP contribution in [-0.2, 0) is 0 Å². The first-order valence-corrected chi connectivity index (χ1v) is 7.15. The smallest absolute Gasteiger partial charge is 0.274 e. The molecular formula is C15H10BrF2N3O. The maximum Gasteiger partial charge on any atom is 0.274 e. The molecule has 4 nitrogen and oxygen atoms in total. The second kappa shape index (κ2) is 5.49. The third-order valence-electron chi connectivity index (χ3n) is 3.15.